The molecular weight excluding hydrogens is 303 g/mol. The van der Waals surface area contributed by atoms with Crippen LogP contribution in [0.2, 0.25) is 0 Å². The van der Waals surface area contributed by atoms with E-state index in [2.05, 4.69) is 15.7 Å². The number of carbonyl (C=O) groups is 2. The minimum atomic E-state index is -0.615. The van der Waals surface area contributed by atoms with Crippen LogP contribution in [0.3, 0.4) is 0 Å². The summed E-state index contributed by atoms with van der Waals surface area (Å²) in [5, 5.41) is 9.61. The summed E-state index contributed by atoms with van der Waals surface area (Å²) in [6.07, 6.45) is 2.00. The van der Waals surface area contributed by atoms with Gasteiger partial charge in [0.15, 0.2) is 0 Å². The summed E-state index contributed by atoms with van der Waals surface area (Å²) >= 11 is 0. The molecule has 1 aromatic rings. The van der Waals surface area contributed by atoms with Crippen LogP contribution >= 0.6 is 0 Å². The SMILES string of the molecule is CC(C)(C)NC(=O)OCC(=CF)Cn1cc2c(n1)CCNC2=O. The molecule has 126 valence electrons. The van der Waals surface area contributed by atoms with Crippen LogP contribution in [0.5, 0.6) is 0 Å². The zero-order valence-electron chi connectivity index (χ0n) is 13.5. The summed E-state index contributed by atoms with van der Waals surface area (Å²) in [5.74, 6) is -0.177. The average molecular weight is 324 g/mol. The maximum Gasteiger partial charge on any atom is 0.407 e. The van der Waals surface area contributed by atoms with E-state index >= 15 is 0 Å². The van der Waals surface area contributed by atoms with Gasteiger partial charge in [0.1, 0.15) is 6.61 Å². The van der Waals surface area contributed by atoms with Gasteiger partial charge in [-0.1, -0.05) is 0 Å². The van der Waals surface area contributed by atoms with E-state index in [9.17, 15) is 14.0 Å². The largest absolute Gasteiger partial charge is 0.445 e. The van der Waals surface area contributed by atoms with Crippen molar-refractivity contribution in [2.24, 2.45) is 0 Å². The summed E-state index contributed by atoms with van der Waals surface area (Å²) in [4.78, 5) is 23.2. The van der Waals surface area contributed by atoms with Crippen molar-refractivity contribution < 1.29 is 18.7 Å². The van der Waals surface area contributed by atoms with Gasteiger partial charge in [0.25, 0.3) is 5.91 Å². The Kier molecular flexibility index (Phi) is 5.02. The first-order valence-corrected chi connectivity index (χ1v) is 7.36. The number of hydrogen-bond acceptors (Lipinski definition) is 4. The van der Waals surface area contributed by atoms with E-state index in [0.717, 1.165) is 0 Å². The van der Waals surface area contributed by atoms with Crippen molar-refractivity contribution in [2.45, 2.75) is 39.3 Å². The summed E-state index contributed by atoms with van der Waals surface area (Å²) in [6.45, 7) is 5.93. The lowest BCUT2D eigenvalue weighted by atomic mass is 10.1. The Labute approximate surface area is 133 Å². The second kappa shape index (κ2) is 6.80. The minimum Gasteiger partial charge on any atom is -0.445 e. The van der Waals surface area contributed by atoms with E-state index in [-0.39, 0.29) is 24.6 Å². The zero-order chi connectivity index (χ0) is 17.0. The van der Waals surface area contributed by atoms with Crippen molar-refractivity contribution in [1.29, 1.82) is 0 Å². The molecule has 0 bridgehead atoms. The molecular formula is C15H21FN4O3. The van der Waals surface area contributed by atoms with Crippen molar-refractivity contribution in [1.82, 2.24) is 20.4 Å². The lowest BCUT2D eigenvalue weighted by molar-refractivity contribution is 0.0946. The highest BCUT2D eigenvalue weighted by molar-refractivity contribution is 5.96. The third-order valence-corrected chi connectivity index (χ3v) is 3.12. The Morgan fingerprint density at radius 2 is 2.30 bits per heavy atom. The number of hydrogen-bond donors (Lipinski definition) is 2. The van der Waals surface area contributed by atoms with Gasteiger partial charge in [-0.15, -0.1) is 0 Å². The molecule has 0 unspecified atom stereocenters. The minimum absolute atomic E-state index is 0.111. The van der Waals surface area contributed by atoms with Crippen molar-refractivity contribution in [3.05, 3.63) is 29.4 Å². The molecule has 1 aliphatic heterocycles. The highest BCUT2D eigenvalue weighted by Gasteiger charge is 2.21. The lowest BCUT2D eigenvalue weighted by Crippen LogP contribution is -2.41. The third-order valence-electron chi connectivity index (χ3n) is 3.12. The van der Waals surface area contributed by atoms with Gasteiger partial charge in [-0.25, -0.2) is 9.18 Å². The fourth-order valence-electron chi connectivity index (χ4n) is 2.13. The first-order valence-electron chi connectivity index (χ1n) is 7.36. The van der Waals surface area contributed by atoms with Crippen molar-refractivity contribution in [3.8, 4) is 0 Å². The number of ether oxygens (including phenoxy) is 1. The van der Waals surface area contributed by atoms with Crippen molar-refractivity contribution in [2.75, 3.05) is 13.2 Å². The van der Waals surface area contributed by atoms with Gasteiger partial charge in [-0.05, 0) is 20.8 Å². The number of fused-ring (bicyclic) bond motifs is 1. The van der Waals surface area contributed by atoms with Crippen molar-refractivity contribution in [3.63, 3.8) is 0 Å². The van der Waals surface area contributed by atoms with Crippen LogP contribution in [0.15, 0.2) is 18.1 Å². The second-order valence-electron chi connectivity index (χ2n) is 6.41. The summed E-state index contributed by atoms with van der Waals surface area (Å²) in [6, 6.07) is 0. The lowest BCUT2D eigenvalue weighted by Gasteiger charge is -2.20. The average Bonchev–Trinajstić information content (AvgIpc) is 2.85. The molecule has 2 N–H and O–H groups in total. The Bertz CT molecular complexity index is 631. The molecule has 0 spiro atoms. The fraction of sp³-hybridized carbons (Fsp3) is 0.533. The number of carbonyl (C=O) groups excluding carboxylic acids is 2. The molecule has 2 rings (SSSR count). The standard InChI is InChI=1S/C15H21FN4O3/c1-15(2,3)18-14(22)23-9-10(6-16)7-20-8-11-12(19-20)4-5-17-13(11)21/h6,8H,4-5,7,9H2,1-3H3,(H,17,21)(H,18,22). The van der Waals surface area contributed by atoms with Gasteiger partial charge in [0.05, 0.1) is 24.1 Å². The zero-order valence-corrected chi connectivity index (χ0v) is 13.5. The van der Waals surface area contributed by atoms with Gasteiger partial charge < -0.3 is 15.4 Å². The normalized spacial score (nSPS) is 15.0. The summed E-state index contributed by atoms with van der Waals surface area (Å²) in [5.41, 5.74) is 1.01. The second-order valence-corrected chi connectivity index (χ2v) is 6.41. The van der Waals surface area contributed by atoms with Crippen LogP contribution in [0.4, 0.5) is 9.18 Å². The number of nitrogens with zero attached hydrogens (tertiary/aromatic N) is 2. The van der Waals surface area contributed by atoms with E-state index in [1.165, 1.54) is 4.68 Å². The number of amides is 2. The predicted octanol–water partition coefficient (Wildman–Crippen LogP) is 1.55. The van der Waals surface area contributed by atoms with Gasteiger partial charge >= 0.3 is 6.09 Å². The Morgan fingerprint density at radius 3 is 2.91 bits per heavy atom. The van der Waals surface area contributed by atoms with Crippen molar-refractivity contribution >= 4 is 12.0 Å². The molecule has 2 amide bonds. The van der Waals surface area contributed by atoms with Crippen LogP contribution in [0.1, 0.15) is 36.8 Å². The van der Waals surface area contributed by atoms with Crippen LogP contribution in [-0.2, 0) is 17.7 Å². The molecule has 8 heteroatoms. The Hall–Kier alpha value is -2.38. The first kappa shape index (κ1) is 17.0. The number of halogens is 1. The molecule has 0 radical (unpaired) electrons. The van der Waals surface area contributed by atoms with Gasteiger partial charge in [-0.3, -0.25) is 9.48 Å². The number of aromatic nitrogens is 2. The van der Waals surface area contributed by atoms with Gasteiger partial charge in [0.2, 0.25) is 0 Å². The molecule has 0 aromatic carbocycles. The molecule has 1 aromatic heterocycles. The molecule has 0 atom stereocenters. The molecule has 0 aliphatic carbocycles. The molecule has 0 saturated heterocycles. The molecule has 7 nitrogen and oxygen atoms in total. The van der Waals surface area contributed by atoms with Crippen LogP contribution in [0, 0.1) is 0 Å². The first-order chi connectivity index (χ1) is 10.8. The Morgan fingerprint density at radius 1 is 1.57 bits per heavy atom. The molecule has 0 saturated carbocycles. The quantitative estimate of drug-likeness (QED) is 0.880. The molecule has 0 fully saturated rings. The number of alkyl carbamates (subject to hydrolysis) is 1. The molecule has 2 heterocycles. The molecule has 23 heavy (non-hydrogen) atoms. The molecule has 1 aliphatic rings. The van der Waals surface area contributed by atoms with E-state index in [0.29, 0.717) is 30.6 Å². The highest BCUT2D eigenvalue weighted by atomic mass is 19.1. The summed E-state index contributed by atoms with van der Waals surface area (Å²) < 4.78 is 19.5. The van der Waals surface area contributed by atoms with E-state index in [4.69, 9.17) is 4.74 Å². The topological polar surface area (TPSA) is 85.2 Å². The monoisotopic (exact) mass is 324 g/mol. The predicted molar refractivity (Wildman–Crippen MR) is 81.7 cm³/mol. The highest BCUT2D eigenvalue weighted by Crippen LogP contribution is 2.13. The smallest absolute Gasteiger partial charge is 0.407 e. The van der Waals surface area contributed by atoms with E-state index in [1.807, 2.05) is 20.8 Å². The number of rotatable bonds is 4. The maximum absolute atomic E-state index is 13.0. The van der Waals surface area contributed by atoms with Gasteiger partial charge in [0, 0.05) is 30.3 Å². The van der Waals surface area contributed by atoms with Gasteiger partial charge in [-0.2, -0.15) is 5.10 Å². The Balaban J connectivity index is 1.93. The van der Waals surface area contributed by atoms with E-state index < -0.39 is 11.6 Å². The van der Waals surface area contributed by atoms with Crippen LogP contribution < -0.4 is 10.6 Å². The third kappa shape index (κ3) is 4.80. The number of nitrogens with one attached hydrogen (secondary N) is 2. The summed E-state index contributed by atoms with van der Waals surface area (Å²) in [7, 11) is 0. The van der Waals surface area contributed by atoms with E-state index in [1.54, 1.807) is 6.20 Å². The maximum atomic E-state index is 13.0. The fourth-order valence-corrected chi connectivity index (χ4v) is 2.13. The van der Waals surface area contributed by atoms with Crippen LogP contribution in [0.25, 0.3) is 0 Å². The van der Waals surface area contributed by atoms with Crippen LogP contribution in [-0.4, -0.2) is 40.5 Å².